The van der Waals surface area contributed by atoms with Crippen molar-refractivity contribution in [2.45, 2.75) is 36.5 Å². The Labute approximate surface area is 215 Å². The normalized spacial score (nSPS) is 18.8. The van der Waals surface area contributed by atoms with Gasteiger partial charge >= 0.3 is 0 Å². The molecule has 0 atom stereocenters. The number of benzene rings is 2. The predicted molar refractivity (Wildman–Crippen MR) is 133 cm³/mol. The van der Waals surface area contributed by atoms with Crippen LogP contribution in [0, 0.1) is 0 Å². The van der Waals surface area contributed by atoms with Gasteiger partial charge in [0, 0.05) is 43.2 Å². The summed E-state index contributed by atoms with van der Waals surface area (Å²) in [4.78, 5) is 19.7. The van der Waals surface area contributed by atoms with Gasteiger partial charge in [0.1, 0.15) is 13.2 Å². The molecule has 0 saturated carbocycles. The minimum absolute atomic E-state index is 0.0365. The number of carbonyl (C=O) groups is 1. The summed E-state index contributed by atoms with van der Waals surface area (Å²) in [6.07, 6.45) is 3.22. The fourth-order valence-corrected chi connectivity index (χ4v) is 6.58. The third-order valence-corrected chi connectivity index (χ3v) is 9.09. The first kappa shape index (κ1) is 23.9. The Hall–Kier alpha value is -3.44. The van der Waals surface area contributed by atoms with E-state index in [1.807, 2.05) is 4.90 Å². The van der Waals surface area contributed by atoms with Gasteiger partial charge in [0.15, 0.2) is 11.5 Å². The number of hydrogen-bond acceptors (Lipinski definition) is 8. The maximum Gasteiger partial charge on any atom is 0.253 e. The largest absolute Gasteiger partial charge is 0.486 e. The van der Waals surface area contributed by atoms with Gasteiger partial charge in [-0.2, -0.15) is 9.29 Å². The third kappa shape index (κ3) is 4.69. The van der Waals surface area contributed by atoms with Crippen LogP contribution in [-0.2, 0) is 10.0 Å². The standard InChI is InChI=1S/C26H28N4O6S/c31-26(20-5-8-22-23(17-20)35-16-15-34-22)29-13-9-19(10-14-29)25-27-24(28-36-25)18-3-6-21(7-4-18)37(32,33)30-11-1-2-12-30/h3-8,17,19H,1-2,9-16H2. The van der Waals surface area contributed by atoms with Crippen molar-refractivity contribution < 1.29 is 27.2 Å². The zero-order valence-corrected chi connectivity index (χ0v) is 21.2. The number of piperidine rings is 1. The summed E-state index contributed by atoms with van der Waals surface area (Å²) < 4.78 is 43.7. The topological polar surface area (TPSA) is 115 Å². The molecule has 1 aromatic heterocycles. The molecule has 0 bridgehead atoms. The van der Waals surface area contributed by atoms with Crippen LogP contribution in [-0.4, -0.2) is 73.1 Å². The Bertz CT molecular complexity index is 1390. The first-order chi connectivity index (χ1) is 18.0. The highest BCUT2D eigenvalue weighted by atomic mass is 32.2. The van der Waals surface area contributed by atoms with Crippen LogP contribution < -0.4 is 9.47 Å². The number of amides is 1. The highest BCUT2D eigenvalue weighted by molar-refractivity contribution is 7.89. The van der Waals surface area contributed by atoms with Crippen LogP contribution >= 0.6 is 0 Å². The van der Waals surface area contributed by atoms with Gasteiger partial charge in [0.25, 0.3) is 5.91 Å². The second kappa shape index (κ2) is 9.79. The molecular formula is C26H28N4O6S. The van der Waals surface area contributed by atoms with E-state index in [1.54, 1.807) is 42.5 Å². The number of hydrogen-bond donors (Lipinski definition) is 0. The summed E-state index contributed by atoms with van der Waals surface area (Å²) in [7, 11) is -3.46. The number of likely N-dealkylation sites (tertiary alicyclic amines) is 1. The minimum Gasteiger partial charge on any atom is -0.486 e. The summed E-state index contributed by atoms with van der Waals surface area (Å²) >= 11 is 0. The molecule has 0 spiro atoms. The summed E-state index contributed by atoms with van der Waals surface area (Å²) in [5, 5.41) is 4.12. The van der Waals surface area contributed by atoms with Crippen LogP contribution in [0.25, 0.3) is 11.4 Å². The smallest absolute Gasteiger partial charge is 0.253 e. The van der Waals surface area contributed by atoms with E-state index in [0.29, 0.717) is 86.6 Å². The maximum absolute atomic E-state index is 13.0. The number of ether oxygens (including phenoxy) is 2. The molecule has 194 valence electrons. The third-order valence-electron chi connectivity index (χ3n) is 7.18. The molecule has 4 heterocycles. The molecule has 11 heteroatoms. The molecule has 3 aromatic rings. The minimum atomic E-state index is -3.46. The van der Waals surface area contributed by atoms with Crippen molar-refractivity contribution in [1.29, 1.82) is 0 Å². The van der Waals surface area contributed by atoms with Crippen LogP contribution in [0.2, 0.25) is 0 Å². The Balaban J connectivity index is 1.09. The second-order valence-corrected chi connectivity index (χ2v) is 11.5. The van der Waals surface area contributed by atoms with Crippen molar-refractivity contribution in [2.75, 3.05) is 39.4 Å². The van der Waals surface area contributed by atoms with Crippen molar-refractivity contribution in [3.05, 3.63) is 53.9 Å². The molecule has 37 heavy (non-hydrogen) atoms. The fourth-order valence-electron chi connectivity index (χ4n) is 5.06. The molecule has 1 amide bonds. The predicted octanol–water partition coefficient (Wildman–Crippen LogP) is 3.31. The molecule has 3 aliphatic heterocycles. The van der Waals surface area contributed by atoms with Crippen LogP contribution in [0.15, 0.2) is 51.9 Å². The lowest BCUT2D eigenvalue weighted by atomic mass is 9.96. The molecule has 6 rings (SSSR count). The van der Waals surface area contributed by atoms with E-state index < -0.39 is 10.0 Å². The molecule has 2 fully saturated rings. The molecule has 10 nitrogen and oxygen atoms in total. The van der Waals surface area contributed by atoms with E-state index in [2.05, 4.69) is 10.1 Å². The van der Waals surface area contributed by atoms with Crippen molar-refractivity contribution in [1.82, 2.24) is 19.3 Å². The van der Waals surface area contributed by atoms with Gasteiger partial charge in [-0.15, -0.1) is 0 Å². The van der Waals surface area contributed by atoms with E-state index in [4.69, 9.17) is 14.0 Å². The summed E-state index contributed by atoms with van der Waals surface area (Å²) in [6.45, 7) is 3.29. The molecule has 0 aliphatic carbocycles. The van der Waals surface area contributed by atoms with Gasteiger partial charge in [-0.25, -0.2) is 8.42 Å². The highest BCUT2D eigenvalue weighted by Crippen LogP contribution is 2.33. The quantitative estimate of drug-likeness (QED) is 0.499. The van der Waals surface area contributed by atoms with E-state index in [1.165, 1.54) is 4.31 Å². The fraction of sp³-hybridized carbons (Fsp3) is 0.423. The highest BCUT2D eigenvalue weighted by Gasteiger charge is 2.30. The molecule has 0 unspecified atom stereocenters. The molecular weight excluding hydrogens is 496 g/mol. The number of rotatable bonds is 5. The summed E-state index contributed by atoms with van der Waals surface area (Å²) in [5.41, 5.74) is 1.28. The molecule has 0 N–H and O–H groups in total. The maximum atomic E-state index is 13.0. The van der Waals surface area contributed by atoms with E-state index >= 15 is 0 Å². The first-order valence-electron chi connectivity index (χ1n) is 12.6. The zero-order chi connectivity index (χ0) is 25.4. The molecule has 3 aliphatic rings. The average molecular weight is 525 g/mol. The lowest BCUT2D eigenvalue weighted by molar-refractivity contribution is 0.0703. The van der Waals surface area contributed by atoms with Crippen LogP contribution in [0.3, 0.4) is 0 Å². The van der Waals surface area contributed by atoms with Crippen LogP contribution in [0.5, 0.6) is 11.5 Å². The number of sulfonamides is 1. The van der Waals surface area contributed by atoms with E-state index in [0.717, 1.165) is 12.8 Å². The summed E-state index contributed by atoms with van der Waals surface area (Å²) in [5.74, 6) is 2.25. The van der Waals surface area contributed by atoms with Gasteiger partial charge in [0.2, 0.25) is 21.7 Å². The molecule has 2 saturated heterocycles. The number of aromatic nitrogens is 2. The Kier molecular flexibility index (Phi) is 6.33. The van der Waals surface area contributed by atoms with E-state index in [9.17, 15) is 13.2 Å². The van der Waals surface area contributed by atoms with Gasteiger partial charge in [-0.3, -0.25) is 4.79 Å². The van der Waals surface area contributed by atoms with Gasteiger partial charge in [-0.1, -0.05) is 5.16 Å². The number of nitrogens with zero attached hydrogens (tertiary/aromatic N) is 4. The zero-order valence-electron chi connectivity index (χ0n) is 20.3. The van der Waals surface area contributed by atoms with Gasteiger partial charge in [-0.05, 0) is 68.1 Å². The Morgan fingerprint density at radius 1 is 0.892 bits per heavy atom. The summed E-state index contributed by atoms with van der Waals surface area (Å²) in [6, 6.07) is 11.9. The van der Waals surface area contributed by atoms with Crippen molar-refractivity contribution >= 4 is 15.9 Å². The van der Waals surface area contributed by atoms with Gasteiger partial charge < -0.3 is 18.9 Å². The lowest BCUT2D eigenvalue weighted by Crippen LogP contribution is -2.38. The lowest BCUT2D eigenvalue weighted by Gasteiger charge is -2.30. The SMILES string of the molecule is O=C(c1ccc2c(c1)OCCO2)N1CCC(c2nc(-c3ccc(S(=O)(=O)N4CCCC4)cc3)no2)CC1. The molecule has 0 radical (unpaired) electrons. The van der Waals surface area contributed by atoms with Crippen molar-refractivity contribution in [2.24, 2.45) is 0 Å². The van der Waals surface area contributed by atoms with Crippen LogP contribution in [0.4, 0.5) is 0 Å². The monoisotopic (exact) mass is 524 g/mol. The van der Waals surface area contributed by atoms with Crippen molar-refractivity contribution in [3.8, 4) is 22.9 Å². The van der Waals surface area contributed by atoms with Gasteiger partial charge in [0.05, 0.1) is 4.90 Å². The molecule has 2 aromatic carbocycles. The number of carbonyl (C=O) groups excluding carboxylic acids is 1. The van der Waals surface area contributed by atoms with E-state index in [-0.39, 0.29) is 16.7 Å². The Morgan fingerprint density at radius 2 is 1.59 bits per heavy atom. The Morgan fingerprint density at radius 3 is 2.32 bits per heavy atom. The number of fused-ring (bicyclic) bond motifs is 1. The second-order valence-electron chi connectivity index (χ2n) is 9.52. The van der Waals surface area contributed by atoms with Crippen LogP contribution in [0.1, 0.15) is 47.8 Å². The first-order valence-corrected chi connectivity index (χ1v) is 14.1. The van der Waals surface area contributed by atoms with Crippen molar-refractivity contribution in [3.63, 3.8) is 0 Å². The average Bonchev–Trinajstić information content (AvgIpc) is 3.66.